The minimum absolute atomic E-state index is 0.270. The molecule has 0 saturated carbocycles. The molecule has 2 aromatic rings. The van der Waals surface area contributed by atoms with E-state index in [0.717, 1.165) is 46.5 Å². The number of ether oxygens (including phenoxy) is 1. The second-order valence-corrected chi connectivity index (χ2v) is 7.80. The predicted molar refractivity (Wildman–Crippen MR) is 117 cm³/mol. The summed E-state index contributed by atoms with van der Waals surface area (Å²) >= 11 is 0. The molecule has 7 nitrogen and oxygen atoms in total. The average molecular weight is 409 g/mol. The first-order valence-corrected chi connectivity index (χ1v) is 10.5. The number of aliphatic imine (C=N–C) groups is 1. The highest BCUT2D eigenvalue weighted by Gasteiger charge is 2.29. The van der Waals surface area contributed by atoms with E-state index in [-0.39, 0.29) is 5.92 Å². The van der Waals surface area contributed by atoms with Crippen LogP contribution in [0.5, 0.6) is 0 Å². The summed E-state index contributed by atoms with van der Waals surface area (Å²) in [5.41, 5.74) is 4.13. The van der Waals surface area contributed by atoms with Crippen LogP contribution in [0.3, 0.4) is 0 Å². The number of aliphatic carboxylic acids is 1. The number of carboxylic acids is 1. The molecular formula is C23H28N4O3. The molecule has 4 rings (SSSR count). The first-order valence-electron chi connectivity index (χ1n) is 10.5. The molecular weight excluding hydrogens is 380 g/mol. The fraction of sp³-hybridized carbons (Fsp3) is 0.435. The molecule has 0 atom stereocenters. The van der Waals surface area contributed by atoms with Gasteiger partial charge in [-0.2, -0.15) is 0 Å². The Morgan fingerprint density at radius 2 is 2.07 bits per heavy atom. The standard InChI is InChI=1S/C23H28N4O3/c1-30-14-4-5-17-15-25-21(19-8-11-24-20-7-3-2-6-18(19)20)22(26-17)27-12-9-16(10-13-27)23(28)29/h2-3,6-8,11,16,25H,4-5,9-10,12-15H2,1H3,(H,28,29). The summed E-state index contributed by atoms with van der Waals surface area (Å²) in [6.07, 6.45) is 4.91. The van der Waals surface area contributed by atoms with Crippen LogP contribution in [0.15, 0.2) is 47.3 Å². The molecule has 0 bridgehead atoms. The number of hydrogen-bond acceptors (Lipinski definition) is 6. The molecule has 30 heavy (non-hydrogen) atoms. The Morgan fingerprint density at radius 1 is 1.27 bits per heavy atom. The number of carbonyl (C=O) groups is 1. The molecule has 0 radical (unpaired) electrons. The molecule has 2 aliphatic heterocycles. The van der Waals surface area contributed by atoms with Gasteiger partial charge in [-0.25, -0.2) is 4.99 Å². The second kappa shape index (κ2) is 9.26. The number of likely N-dealkylation sites (tertiary alicyclic amines) is 1. The van der Waals surface area contributed by atoms with Gasteiger partial charge in [-0.05, 0) is 37.8 Å². The van der Waals surface area contributed by atoms with E-state index in [1.807, 2.05) is 30.5 Å². The number of carboxylic acid groups (broad SMARTS) is 1. The Morgan fingerprint density at radius 3 is 2.83 bits per heavy atom. The van der Waals surface area contributed by atoms with Gasteiger partial charge in [0.2, 0.25) is 0 Å². The number of nitrogens with zero attached hydrogens (tertiary/aromatic N) is 3. The molecule has 1 saturated heterocycles. The molecule has 1 aromatic heterocycles. The van der Waals surface area contributed by atoms with Crippen LogP contribution in [0.1, 0.15) is 31.2 Å². The van der Waals surface area contributed by atoms with Gasteiger partial charge >= 0.3 is 5.97 Å². The van der Waals surface area contributed by atoms with Crippen molar-refractivity contribution in [2.75, 3.05) is 33.4 Å². The van der Waals surface area contributed by atoms with Crippen LogP contribution < -0.4 is 5.32 Å². The van der Waals surface area contributed by atoms with Crippen LogP contribution in [0.2, 0.25) is 0 Å². The van der Waals surface area contributed by atoms with E-state index in [1.54, 1.807) is 7.11 Å². The SMILES string of the molecule is COCCCC1=NC(N2CCC(C(=O)O)CC2)=C(c2ccnc3ccccc23)NC1. The van der Waals surface area contributed by atoms with Gasteiger partial charge in [0.05, 0.1) is 23.7 Å². The van der Waals surface area contributed by atoms with Crippen molar-refractivity contribution < 1.29 is 14.6 Å². The quantitative estimate of drug-likeness (QED) is 0.685. The summed E-state index contributed by atoms with van der Waals surface area (Å²) in [7, 11) is 1.71. The number of rotatable bonds is 7. The zero-order chi connectivity index (χ0) is 20.9. The van der Waals surface area contributed by atoms with E-state index in [2.05, 4.69) is 21.3 Å². The third kappa shape index (κ3) is 4.31. The number of nitrogens with one attached hydrogen (secondary N) is 1. The van der Waals surface area contributed by atoms with Gasteiger partial charge in [-0.3, -0.25) is 9.78 Å². The van der Waals surface area contributed by atoms with Crippen LogP contribution in [0, 0.1) is 5.92 Å². The van der Waals surface area contributed by atoms with Gasteiger partial charge in [0, 0.05) is 49.7 Å². The van der Waals surface area contributed by atoms with E-state index in [0.29, 0.717) is 39.1 Å². The molecule has 3 heterocycles. The van der Waals surface area contributed by atoms with E-state index < -0.39 is 5.97 Å². The zero-order valence-electron chi connectivity index (χ0n) is 17.3. The van der Waals surface area contributed by atoms with Crippen molar-refractivity contribution in [2.24, 2.45) is 10.9 Å². The third-order valence-corrected chi connectivity index (χ3v) is 5.83. The molecule has 2 N–H and O–H groups in total. The van der Waals surface area contributed by atoms with E-state index in [9.17, 15) is 9.90 Å². The lowest BCUT2D eigenvalue weighted by molar-refractivity contribution is -0.143. The number of piperidine rings is 1. The Balaban J connectivity index is 1.71. The fourth-order valence-electron chi connectivity index (χ4n) is 4.18. The Hall–Kier alpha value is -2.93. The molecule has 1 aromatic carbocycles. The second-order valence-electron chi connectivity index (χ2n) is 7.80. The lowest BCUT2D eigenvalue weighted by atomic mass is 9.96. The monoisotopic (exact) mass is 408 g/mol. The molecule has 1 fully saturated rings. The molecule has 0 unspecified atom stereocenters. The summed E-state index contributed by atoms with van der Waals surface area (Å²) in [6.45, 7) is 2.79. The van der Waals surface area contributed by atoms with Crippen LogP contribution in [0.4, 0.5) is 0 Å². The molecule has 0 aliphatic carbocycles. The van der Waals surface area contributed by atoms with Crippen molar-refractivity contribution in [3.8, 4) is 0 Å². The predicted octanol–water partition coefficient (Wildman–Crippen LogP) is 3.13. The number of aromatic nitrogens is 1. The molecule has 0 amide bonds. The van der Waals surface area contributed by atoms with Gasteiger partial charge in [0.25, 0.3) is 0 Å². The van der Waals surface area contributed by atoms with Crippen molar-refractivity contribution in [1.82, 2.24) is 15.2 Å². The fourth-order valence-corrected chi connectivity index (χ4v) is 4.18. The third-order valence-electron chi connectivity index (χ3n) is 5.83. The largest absolute Gasteiger partial charge is 0.481 e. The van der Waals surface area contributed by atoms with Gasteiger partial charge in [0.1, 0.15) is 0 Å². The topological polar surface area (TPSA) is 87.0 Å². The van der Waals surface area contributed by atoms with Crippen LogP contribution in [0.25, 0.3) is 16.6 Å². The molecule has 158 valence electrons. The highest BCUT2D eigenvalue weighted by atomic mass is 16.5. The van der Waals surface area contributed by atoms with Crippen molar-refractivity contribution in [1.29, 1.82) is 0 Å². The minimum atomic E-state index is -0.700. The number of benzene rings is 1. The number of hydrogen-bond donors (Lipinski definition) is 2. The first-order chi connectivity index (χ1) is 14.7. The van der Waals surface area contributed by atoms with Gasteiger partial charge < -0.3 is 20.1 Å². The van der Waals surface area contributed by atoms with Crippen molar-refractivity contribution in [2.45, 2.75) is 25.7 Å². The van der Waals surface area contributed by atoms with Crippen molar-refractivity contribution >= 4 is 28.3 Å². The zero-order valence-corrected chi connectivity index (χ0v) is 17.3. The van der Waals surface area contributed by atoms with E-state index >= 15 is 0 Å². The molecule has 0 spiro atoms. The lowest BCUT2D eigenvalue weighted by Gasteiger charge is -2.35. The maximum atomic E-state index is 11.4. The van der Waals surface area contributed by atoms with Gasteiger partial charge in [-0.1, -0.05) is 18.2 Å². The molecule has 7 heteroatoms. The lowest BCUT2D eigenvalue weighted by Crippen LogP contribution is -2.39. The summed E-state index contributed by atoms with van der Waals surface area (Å²) in [6, 6.07) is 10.1. The normalized spacial score (nSPS) is 17.8. The van der Waals surface area contributed by atoms with Crippen LogP contribution in [-0.2, 0) is 9.53 Å². The summed E-state index contributed by atoms with van der Waals surface area (Å²) in [4.78, 5) is 23.1. The Labute approximate surface area is 176 Å². The van der Waals surface area contributed by atoms with Gasteiger partial charge in [-0.15, -0.1) is 0 Å². The summed E-state index contributed by atoms with van der Waals surface area (Å²) in [5.74, 6) is -0.0582. The maximum absolute atomic E-state index is 11.4. The van der Waals surface area contributed by atoms with Crippen LogP contribution >= 0.6 is 0 Å². The van der Waals surface area contributed by atoms with Crippen molar-refractivity contribution in [3.05, 3.63) is 47.9 Å². The van der Waals surface area contributed by atoms with E-state index in [1.165, 1.54) is 0 Å². The number of para-hydroxylation sites is 1. The van der Waals surface area contributed by atoms with Crippen LogP contribution in [-0.4, -0.2) is 60.0 Å². The number of methoxy groups -OCH3 is 1. The Kier molecular flexibility index (Phi) is 6.28. The number of fused-ring (bicyclic) bond motifs is 1. The maximum Gasteiger partial charge on any atom is 0.306 e. The highest BCUT2D eigenvalue weighted by molar-refractivity contribution is 5.96. The average Bonchev–Trinajstić information content (AvgIpc) is 2.79. The number of pyridine rings is 1. The van der Waals surface area contributed by atoms with Gasteiger partial charge in [0.15, 0.2) is 5.82 Å². The summed E-state index contributed by atoms with van der Waals surface area (Å²) in [5, 5.41) is 14.0. The van der Waals surface area contributed by atoms with E-state index in [4.69, 9.17) is 9.73 Å². The summed E-state index contributed by atoms with van der Waals surface area (Å²) < 4.78 is 5.19. The molecule has 2 aliphatic rings. The van der Waals surface area contributed by atoms with Crippen molar-refractivity contribution in [3.63, 3.8) is 0 Å². The Bertz CT molecular complexity index is 972. The minimum Gasteiger partial charge on any atom is -0.481 e. The first kappa shape index (κ1) is 20.3. The highest BCUT2D eigenvalue weighted by Crippen LogP contribution is 2.31. The smallest absolute Gasteiger partial charge is 0.306 e.